The van der Waals surface area contributed by atoms with E-state index < -0.39 is 0 Å². The summed E-state index contributed by atoms with van der Waals surface area (Å²) in [6.07, 6.45) is 2.62. The fourth-order valence-corrected chi connectivity index (χ4v) is 3.85. The first-order valence-corrected chi connectivity index (χ1v) is 9.24. The molecule has 1 fully saturated rings. The Balaban J connectivity index is 1.62. The van der Waals surface area contributed by atoms with Gasteiger partial charge in [-0.25, -0.2) is 9.37 Å². The molecule has 1 aromatic heterocycles. The predicted octanol–water partition coefficient (Wildman–Crippen LogP) is 3.44. The van der Waals surface area contributed by atoms with Crippen molar-refractivity contribution < 1.29 is 9.18 Å². The molecule has 1 atom stereocenters. The van der Waals surface area contributed by atoms with Crippen LogP contribution >= 0.6 is 11.3 Å². The minimum Gasteiger partial charge on any atom is -0.352 e. The second-order valence-electron chi connectivity index (χ2n) is 6.12. The number of hydrogen-bond donors (Lipinski definition) is 1. The molecule has 0 bridgehead atoms. The Morgan fingerprint density at radius 2 is 2.29 bits per heavy atom. The molecule has 1 N–H and O–H groups in total. The van der Waals surface area contributed by atoms with Crippen LogP contribution in [0.2, 0.25) is 0 Å². The van der Waals surface area contributed by atoms with Crippen molar-refractivity contribution in [2.24, 2.45) is 0 Å². The van der Waals surface area contributed by atoms with Crippen LogP contribution in [0.4, 0.5) is 4.39 Å². The molecule has 24 heavy (non-hydrogen) atoms. The Labute approximate surface area is 145 Å². The molecular formula is C18H22FN3OS. The average molecular weight is 347 g/mol. The van der Waals surface area contributed by atoms with Crippen molar-refractivity contribution in [2.45, 2.75) is 38.8 Å². The van der Waals surface area contributed by atoms with Crippen LogP contribution in [0.15, 0.2) is 29.6 Å². The second-order valence-corrected chi connectivity index (χ2v) is 6.98. The third kappa shape index (κ3) is 4.19. The molecule has 2 aromatic rings. The lowest BCUT2D eigenvalue weighted by Crippen LogP contribution is -2.47. The highest BCUT2D eigenvalue weighted by molar-refractivity contribution is 7.13. The van der Waals surface area contributed by atoms with Gasteiger partial charge in [0.25, 0.3) is 0 Å². The maximum atomic E-state index is 13.9. The van der Waals surface area contributed by atoms with Crippen molar-refractivity contribution in [2.75, 3.05) is 13.1 Å². The van der Waals surface area contributed by atoms with Gasteiger partial charge in [0.15, 0.2) is 0 Å². The van der Waals surface area contributed by atoms with Gasteiger partial charge in [0.05, 0.1) is 5.69 Å². The Bertz CT molecular complexity index is 703. The number of benzene rings is 1. The number of likely N-dealkylation sites (tertiary alicyclic amines) is 1. The highest BCUT2D eigenvalue weighted by Crippen LogP contribution is 2.27. The minimum atomic E-state index is -0.237. The molecule has 1 amide bonds. The number of carbonyl (C=O) groups excluding carboxylic acids is 1. The van der Waals surface area contributed by atoms with Gasteiger partial charge in [0, 0.05) is 36.5 Å². The zero-order valence-corrected chi connectivity index (χ0v) is 14.6. The van der Waals surface area contributed by atoms with E-state index in [2.05, 4.69) is 15.2 Å². The van der Waals surface area contributed by atoms with Crippen LogP contribution in [0.1, 0.15) is 31.9 Å². The summed E-state index contributed by atoms with van der Waals surface area (Å²) in [5.41, 5.74) is 1.52. The SMILES string of the molecule is CCC(=O)N[C@H]1CCCN(Cc2csc(-c3ccccc3F)n2)C1. The number of rotatable bonds is 5. The number of thiazole rings is 1. The van der Waals surface area contributed by atoms with Gasteiger partial charge in [0.2, 0.25) is 5.91 Å². The molecule has 6 heteroatoms. The van der Waals surface area contributed by atoms with Gasteiger partial charge in [-0.15, -0.1) is 11.3 Å². The lowest BCUT2D eigenvalue weighted by Gasteiger charge is -2.32. The first-order chi connectivity index (χ1) is 11.7. The number of amides is 1. The van der Waals surface area contributed by atoms with Gasteiger partial charge < -0.3 is 5.32 Å². The summed E-state index contributed by atoms with van der Waals surface area (Å²) >= 11 is 1.47. The summed E-state index contributed by atoms with van der Waals surface area (Å²) in [6, 6.07) is 6.95. The van der Waals surface area contributed by atoms with E-state index in [0.717, 1.165) is 43.2 Å². The van der Waals surface area contributed by atoms with Crippen molar-refractivity contribution in [3.8, 4) is 10.6 Å². The van der Waals surface area contributed by atoms with Gasteiger partial charge in [-0.3, -0.25) is 9.69 Å². The maximum absolute atomic E-state index is 13.9. The standard InChI is InChI=1S/C18H22FN3OS/c1-2-17(23)20-13-6-5-9-22(10-13)11-14-12-24-18(21-14)15-7-3-4-8-16(15)19/h3-4,7-8,12-13H,2,5-6,9-11H2,1H3,(H,20,23)/t13-/m0/s1. The van der Waals surface area contributed by atoms with Crippen molar-refractivity contribution in [3.63, 3.8) is 0 Å². The Morgan fingerprint density at radius 1 is 1.46 bits per heavy atom. The van der Waals surface area contributed by atoms with Crippen LogP contribution in [0, 0.1) is 5.82 Å². The molecule has 4 nitrogen and oxygen atoms in total. The van der Waals surface area contributed by atoms with Crippen molar-refractivity contribution in [3.05, 3.63) is 41.2 Å². The predicted molar refractivity (Wildman–Crippen MR) is 94.2 cm³/mol. The monoisotopic (exact) mass is 347 g/mol. The first-order valence-electron chi connectivity index (χ1n) is 8.36. The van der Waals surface area contributed by atoms with Crippen molar-refractivity contribution in [1.82, 2.24) is 15.2 Å². The summed E-state index contributed by atoms with van der Waals surface area (Å²) in [7, 11) is 0. The molecule has 128 valence electrons. The molecule has 1 aliphatic heterocycles. The first kappa shape index (κ1) is 17.0. The second kappa shape index (κ2) is 7.85. The van der Waals surface area contributed by atoms with Crippen molar-refractivity contribution in [1.29, 1.82) is 0 Å². The molecule has 0 radical (unpaired) electrons. The van der Waals surface area contributed by atoms with E-state index in [1.165, 1.54) is 17.4 Å². The molecule has 1 aromatic carbocycles. The molecule has 0 saturated carbocycles. The highest BCUT2D eigenvalue weighted by atomic mass is 32.1. The number of nitrogens with zero attached hydrogens (tertiary/aromatic N) is 2. The Morgan fingerprint density at radius 3 is 3.08 bits per heavy atom. The quantitative estimate of drug-likeness (QED) is 0.901. The van der Waals surface area contributed by atoms with Crippen LogP contribution in [0.3, 0.4) is 0 Å². The fourth-order valence-electron chi connectivity index (χ4n) is 3.01. The minimum absolute atomic E-state index is 0.109. The normalized spacial score (nSPS) is 18.5. The highest BCUT2D eigenvalue weighted by Gasteiger charge is 2.21. The molecule has 0 spiro atoms. The molecule has 3 rings (SSSR count). The van der Waals surface area contributed by atoms with Gasteiger partial charge in [-0.05, 0) is 31.5 Å². The Hall–Kier alpha value is -1.79. The van der Waals surface area contributed by atoms with Gasteiger partial charge in [0.1, 0.15) is 10.8 Å². The van der Waals surface area contributed by atoms with E-state index >= 15 is 0 Å². The third-order valence-corrected chi connectivity index (χ3v) is 5.16. The summed E-state index contributed by atoms with van der Waals surface area (Å²) < 4.78 is 13.9. The lowest BCUT2D eigenvalue weighted by molar-refractivity contribution is -0.121. The number of nitrogens with one attached hydrogen (secondary N) is 1. The molecular weight excluding hydrogens is 325 g/mol. The molecule has 2 heterocycles. The number of halogens is 1. The maximum Gasteiger partial charge on any atom is 0.219 e. The van der Waals surface area contributed by atoms with Gasteiger partial charge >= 0.3 is 0 Å². The number of carbonyl (C=O) groups is 1. The van der Waals surface area contributed by atoms with E-state index in [1.54, 1.807) is 12.1 Å². The third-order valence-electron chi connectivity index (χ3n) is 4.23. The molecule has 0 unspecified atom stereocenters. The van der Waals surface area contributed by atoms with Crippen LogP contribution in [0.5, 0.6) is 0 Å². The molecule has 1 saturated heterocycles. The topological polar surface area (TPSA) is 45.2 Å². The van der Waals surface area contributed by atoms with E-state index in [9.17, 15) is 9.18 Å². The molecule has 0 aliphatic carbocycles. The molecule has 1 aliphatic rings. The summed E-state index contributed by atoms with van der Waals surface area (Å²) in [6.45, 7) is 4.46. The largest absolute Gasteiger partial charge is 0.352 e. The fraction of sp³-hybridized carbons (Fsp3) is 0.444. The van der Waals surface area contributed by atoms with E-state index in [-0.39, 0.29) is 17.8 Å². The number of hydrogen-bond acceptors (Lipinski definition) is 4. The van der Waals surface area contributed by atoms with Crippen molar-refractivity contribution >= 4 is 17.2 Å². The van der Waals surface area contributed by atoms with Crippen LogP contribution in [-0.2, 0) is 11.3 Å². The summed E-state index contributed by atoms with van der Waals surface area (Å²) in [5.74, 6) is -0.129. The Kier molecular flexibility index (Phi) is 5.58. The van der Waals surface area contributed by atoms with Gasteiger partial charge in [-0.1, -0.05) is 19.1 Å². The number of piperidine rings is 1. The summed E-state index contributed by atoms with van der Waals surface area (Å²) in [5, 5.41) is 5.79. The van der Waals surface area contributed by atoms with Crippen LogP contribution in [-0.4, -0.2) is 34.9 Å². The van der Waals surface area contributed by atoms with Crippen LogP contribution < -0.4 is 5.32 Å². The van der Waals surface area contributed by atoms with Gasteiger partial charge in [-0.2, -0.15) is 0 Å². The summed E-state index contributed by atoms with van der Waals surface area (Å²) in [4.78, 5) is 18.5. The van der Waals surface area contributed by atoms with Crippen LogP contribution in [0.25, 0.3) is 10.6 Å². The van der Waals surface area contributed by atoms with E-state index in [4.69, 9.17) is 0 Å². The average Bonchev–Trinajstić information content (AvgIpc) is 3.03. The lowest BCUT2D eigenvalue weighted by atomic mass is 10.1. The van der Waals surface area contributed by atoms with E-state index in [0.29, 0.717) is 12.0 Å². The van der Waals surface area contributed by atoms with E-state index in [1.807, 2.05) is 18.4 Å². The smallest absolute Gasteiger partial charge is 0.219 e. The zero-order valence-electron chi connectivity index (χ0n) is 13.8. The zero-order chi connectivity index (χ0) is 16.9. The number of aromatic nitrogens is 1.